The van der Waals surface area contributed by atoms with E-state index in [4.69, 9.17) is 10.5 Å². The summed E-state index contributed by atoms with van der Waals surface area (Å²) >= 11 is 0. The number of amides is 1. The van der Waals surface area contributed by atoms with E-state index >= 15 is 0 Å². The van der Waals surface area contributed by atoms with E-state index in [1.54, 1.807) is 25.3 Å². The zero-order chi connectivity index (χ0) is 13.2. The normalized spacial score (nSPS) is 11.1. The summed E-state index contributed by atoms with van der Waals surface area (Å²) < 4.78 is 5.24. The molecule has 2 N–H and O–H groups in total. The topological polar surface area (TPSA) is 69.4 Å². The van der Waals surface area contributed by atoms with Gasteiger partial charge in [0.2, 0.25) is 5.78 Å². The van der Waals surface area contributed by atoms with Gasteiger partial charge in [-0.3, -0.25) is 9.59 Å². The second kappa shape index (κ2) is 4.57. The fourth-order valence-corrected chi connectivity index (χ4v) is 1.58. The Labute approximate surface area is 101 Å². The summed E-state index contributed by atoms with van der Waals surface area (Å²) in [5.41, 5.74) is 5.96. The second-order valence-electron chi connectivity index (χ2n) is 4.86. The number of rotatable bonds is 3. The minimum absolute atomic E-state index is 0.181. The zero-order valence-corrected chi connectivity index (χ0v) is 10.5. The summed E-state index contributed by atoms with van der Waals surface area (Å²) in [7, 11) is 1.57. The van der Waals surface area contributed by atoms with Crippen LogP contribution in [0.15, 0.2) is 18.2 Å². The van der Waals surface area contributed by atoms with Crippen LogP contribution in [0.25, 0.3) is 0 Å². The summed E-state index contributed by atoms with van der Waals surface area (Å²) in [6.07, 6.45) is 0. The van der Waals surface area contributed by atoms with Gasteiger partial charge in [0.15, 0.2) is 0 Å². The van der Waals surface area contributed by atoms with Gasteiger partial charge in [-0.1, -0.05) is 20.8 Å². The molecule has 0 saturated heterocycles. The molecule has 0 aliphatic heterocycles. The molecular weight excluding hydrogens is 218 g/mol. The number of hydrogen-bond acceptors (Lipinski definition) is 3. The van der Waals surface area contributed by atoms with Crippen LogP contribution < -0.4 is 10.5 Å². The number of carbonyl (C=O) groups is 2. The molecule has 0 aliphatic carbocycles. The first kappa shape index (κ1) is 13.2. The van der Waals surface area contributed by atoms with Crippen molar-refractivity contribution in [1.82, 2.24) is 0 Å². The van der Waals surface area contributed by atoms with Crippen LogP contribution in [0, 0.1) is 0 Å². The van der Waals surface area contributed by atoms with E-state index in [0.29, 0.717) is 11.3 Å². The average molecular weight is 235 g/mol. The molecule has 0 spiro atoms. The van der Waals surface area contributed by atoms with Gasteiger partial charge in [-0.2, -0.15) is 0 Å². The lowest BCUT2D eigenvalue weighted by molar-refractivity contribution is -0.114. The molecule has 0 aromatic heterocycles. The van der Waals surface area contributed by atoms with E-state index in [2.05, 4.69) is 0 Å². The number of carbonyl (C=O) groups excluding carboxylic acids is 2. The first-order chi connectivity index (χ1) is 7.77. The largest absolute Gasteiger partial charge is 0.496 e. The monoisotopic (exact) mass is 235 g/mol. The van der Waals surface area contributed by atoms with Gasteiger partial charge in [0.05, 0.1) is 7.11 Å². The van der Waals surface area contributed by atoms with Crippen molar-refractivity contribution in [3.8, 4) is 5.75 Å². The molecule has 0 aliphatic rings. The van der Waals surface area contributed by atoms with Crippen LogP contribution in [-0.4, -0.2) is 18.8 Å². The molecular formula is C13H17NO3. The van der Waals surface area contributed by atoms with Crippen LogP contribution in [0.5, 0.6) is 5.75 Å². The van der Waals surface area contributed by atoms with Crippen LogP contribution in [0.1, 0.15) is 36.7 Å². The average Bonchev–Trinajstić information content (AvgIpc) is 2.25. The van der Waals surface area contributed by atoms with Gasteiger partial charge in [-0.15, -0.1) is 0 Å². The first-order valence-electron chi connectivity index (χ1n) is 5.30. The van der Waals surface area contributed by atoms with Crippen molar-refractivity contribution in [3.63, 3.8) is 0 Å². The van der Waals surface area contributed by atoms with E-state index in [0.717, 1.165) is 5.56 Å². The molecule has 0 saturated carbocycles. The summed E-state index contributed by atoms with van der Waals surface area (Å²) in [5.74, 6) is -0.938. The molecule has 0 unspecified atom stereocenters. The molecule has 1 aromatic rings. The van der Waals surface area contributed by atoms with Gasteiger partial charge < -0.3 is 10.5 Å². The molecule has 1 aromatic carbocycles. The fourth-order valence-electron chi connectivity index (χ4n) is 1.58. The Morgan fingerprint density at radius 2 is 1.82 bits per heavy atom. The highest BCUT2D eigenvalue weighted by atomic mass is 16.5. The van der Waals surface area contributed by atoms with Crippen LogP contribution >= 0.6 is 0 Å². The van der Waals surface area contributed by atoms with Gasteiger partial charge in [-0.05, 0) is 23.6 Å². The van der Waals surface area contributed by atoms with Crippen molar-refractivity contribution in [1.29, 1.82) is 0 Å². The highest BCUT2D eigenvalue weighted by Crippen LogP contribution is 2.32. The van der Waals surface area contributed by atoms with Crippen LogP contribution in [0.2, 0.25) is 0 Å². The fraction of sp³-hybridized carbons (Fsp3) is 0.385. The number of Topliss-reactive ketones (excluding diaryl/α,β-unsaturated/α-hetero) is 1. The lowest BCUT2D eigenvalue weighted by Gasteiger charge is -2.22. The number of benzene rings is 1. The molecule has 17 heavy (non-hydrogen) atoms. The Morgan fingerprint density at radius 1 is 1.24 bits per heavy atom. The maximum Gasteiger partial charge on any atom is 0.289 e. The SMILES string of the molecule is COc1ccc(C(=O)C(N)=O)cc1C(C)(C)C. The molecule has 0 heterocycles. The molecule has 1 rings (SSSR count). The molecule has 0 atom stereocenters. The first-order valence-corrected chi connectivity index (χ1v) is 5.30. The molecule has 0 bridgehead atoms. The second-order valence-corrected chi connectivity index (χ2v) is 4.86. The van der Waals surface area contributed by atoms with Gasteiger partial charge in [0.1, 0.15) is 5.75 Å². The van der Waals surface area contributed by atoms with Gasteiger partial charge in [0.25, 0.3) is 5.91 Å². The maximum atomic E-state index is 11.5. The van der Waals surface area contributed by atoms with Crippen molar-refractivity contribution in [2.24, 2.45) is 5.73 Å². The standard InChI is InChI=1S/C13H17NO3/c1-13(2,3)9-7-8(11(15)12(14)16)5-6-10(9)17-4/h5-7H,1-4H3,(H2,14,16). The van der Waals surface area contributed by atoms with Gasteiger partial charge in [0, 0.05) is 11.1 Å². The Morgan fingerprint density at radius 3 is 2.24 bits per heavy atom. The predicted molar refractivity (Wildman–Crippen MR) is 65.2 cm³/mol. The van der Waals surface area contributed by atoms with Gasteiger partial charge >= 0.3 is 0 Å². The van der Waals surface area contributed by atoms with Crippen molar-refractivity contribution >= 4 is 11.7 Å². The van der Waals surface area contributed by atoms with Crippen molar-refractivity contribution in [2.45, 2.75) is 26.2 Å². The molecule has 92 valence electrons. The van der Waals surface area contributed by atoms with E-state index in [9.17, 15) is 9.59 Å². The minimum atomic E-state index is -0.949. The smallest absolute Gasteiger partial charge is 0.289 e. The van der Waals surface area contributed by atoms with Crippen LogP contribution in [0.3, 0.4) is 0 Å². The van der Waals surface area contributed by atoms with Gasteiger partial charge in [-0.25, -0.2) is 0 Å². The Hall–Kier alpha value is -1.84. The van der Waals surface area contributed by atoms with Crippen molar-refractivity contribution in [2.75, 3.05) is 7.11 Å². The molecule has 4 heteroatoms. The quantitative estimate of drug-likeness (QED) is 0.640. The predicted octanol–water partition coefficient (Wildman–Crippen LogP) is 1.66. The number of nitrogens with two attached hydrogens (primary N) is 1. The molecule has 0 fully saturated rings. The third-order valence-electron chi connectivity index (χ3n) is 2.49. The highest BCUT2D eigenvalue weighted by molar-refractivity contribution is 6.42. The van der Waals surface area contributed by atoms with Crippen LogP contribution in [-0.2, 0) is 10.2 Å². The number of hydrogen-bond donors (Lipinski definition) is 1. The third kappa shape index (κ3) is 2.84. The molecule has 4 nitrogen and oxygen atoms in total. The van der Waals surface area contributed by atoms with E-state index in [1.165, 1.54) is 0 Å². The summed E-state index contributed by atoms with van der Waals surface area (Å²) in [6.45, 7) is 6.01. The Kier molecular flexibility index (Phi) is 3.56. The third-order valence-corrected chi connectivity index (χ3v) is 2.49. The van der Waals surface area contributed by atoms with E-state index in [-0.39, 0.29) is 5.41 Å². The summed E-state index contributed by atoms with van der Waals surface area (Å²) in [6, 6.07) is 4.88. The lowest BCUT2D eigenvalue weighted by atomic mass is 9.85. The zero-order valence-electron chi connectivity index (χ0n) is 10.5. The lowest BCUT2D eigenvalue weighted by Crippen LogP contribution is -2.24. The van der Waals surface area contributed by atoms with E-state index < -0.39 is 11.7 Å². The summed E-state index contributed by atoms with van der Waals surface area (Å²) in [5, 5.41) is 0. The Balaban J connectivity index is 3.32. The number of ketones is 1. The Bertz CT molecular complexity index is 458. The number of methoxy groups -OCH3 is 1. The number of ether oxygens (including phenoxy) is 1. The summed E-state index contributed by atoms with van der Waals surface area (Å²) in [4.78, 5) is 22.4. The highest BCUT2D eigenvalue weighted by Gasteiger charge is 2.22. The van der Waals surface area contributed by atoms with Crippen molar-refractivity contribution in [3.05, 3.63) is 29.3 Å². The number of primary amides is 1. The van der Waals surface area contributed by atoms with Crippen molar-refractivity contribution < 1.29 is 14.3 Å². The van der Waals surface area contributed by atoms with E-state index in [1.807, 2.05) is 20.8 Å². The minimum Gasteiger partial charge on any atom is -0.496 e. The molecule has 1 amide bonds. The maximum absolute atomic E-state index is 11.5. The van der Waals surface area contributed by atoms with Crippen LogP contribution in [0.4, 0.5) is 0 Å². The molecule has 0 radical (unpaired) electrons.